The lowest BCUT2D eigenvalue weighted by Gasteiger charge is -2.29. The van der Waals surface area contributed by atoms with Crippen LogP contribution in [0.25, 0.3) is 0 Å². The van der Waals surface area contributed by atoms with Crippen molar-refractivity contribution in [2.45, 2.75) is 47.7 Å². The normalized spacial score (nSPS) is 21.6. The van der Waals surface area contributed by atoms with Crippen molar-refractivity contribution in [2.75, 3.05) is 4.90 Å². The molecule has 11 heteroatoms. The van der Waals surface area contributed by atoms with Gasteiger partial charge < -0.3 is 14.6 Å². The maximum absolute atomic E-state index is 13.3. The van der Waals surface area contributed by atoms with Gasteiger partial charge in [0.25, 0.3) is 5.91 Å². The fourth-order valence-corrected chi connectivity index (χ4v) is 6.57. The second-order valence-corrected chi connectivity index (χ2v) is 12.6. The van der Waals surface area contributed by atoms with Gasteiger partial charge in [-0.3, -0.25) is 24.2 Å². The Balaban J connectivity index is 1.12. The predicted octanol–water partition coefficient (Wildman–Crippen LogP) is 4.66. The lowest BCUT2D eigenvalue weighted by Crippen LogP contribution is -2.43. The number of sulfone groups is 1. The summed E-state index contributed by atoms with van der Waals surface area (Å²) < 4.78 is 38.4. The number of carbonyl (C=O) groups is 3. The van der Waals surface area contributed by atoms with E-state index in [1.54, 1.807) is 48.6 Å². The molecule has 0 saturated carbocycles. The highest BCUT2D eigenvalue weighted by atomic mass is 32.2. The summed E-state index contributed by atoms with van der Waals surface area (Å²) >= 11 is 0. The molecule has 0 aromatic heterocycles. The van der Waals surface area contributed by atoms with E-state index in [9.17, 15) is 27.9 Å². The molecule has 1 fully saturated rings. The Kier molecular flexibility index (Phi) is 7.44. The van der Waals surface area contributed by atoms with Crippen molar-refractivity contribution in [2.24, 2.45) is 0 Å². The fourth-order valence-electron chi connectivity index (χ4n) is 5.31. The summed E-state index contributed by atoms with van der Waals surface area (Å²) in [4.78, 5) is 39.1. The number of hydrogen-bond acceptors (Lipinski definition) is 8. The number of amides is 3. The van der Waals surface area contributed by atoms with Crippen LogP contribution in [0.1, 0.15) is 26.2 Å². The number of ether oxygens (including phenoxy) is 2. The molecule has 2 unspecified atom stereocenters. The summed E-state index contributed by atoms with van der Waals surface area (Å²) in [6, 6.07) is 18.2. The molecule has 44 heavy (non-hydrogen) atoms. The summed E-state index contributed by atoms with van der Waals surface area (Å²) in [5.41, 5.74) is -1.01. The molecule has 0 spiro atoms. The first-order chi connectivity index (χ1) is 21.0. The number of nitrogens with zero attached hydrogens (tertiary/aromatic N) is 2. The molecule has 0 radical (unpaired) electrons. The summed E-state index contributed by atoms with van der Waals surface area (Å²) in [5.74, 6) is 0.891. The van der Waals surface area contributed by atoms with Crippen LogP contribution in [0, 0.1) is 0 Å². The molecule has 10 nitrogen and oxygen atoms in total. The quantitative estimate of drug-likeness (QED) is 0.364. The molecule has 3 aliphatic rings. The molecule has 6 rings (SSSR count). The van der Waals surface area contributed by atoms with Crippen molar-refractivity contribution >= 4 is 33.2 Å². The van der Waals surface area contributed by atoms with Crippen molar-refractivity contribution in [1.29, 1.82) is 0 Å². The molecule has 2 heterocycles. The third-order valence-electron chi connectivity index (χ3n) is 7.47. The molecule has 0 bridgehead atoms. The van der Waals surface area contributed by atoms with Crippen LogP contribution in [0.2, 0.25) is 0 Å². The molecule has 3 amide bonds. The third-order valence-corrected chi connectivity index (χ3v) is 9.25. The Morgan fingerprint density at radius 2 is 1.43 bits per heavy atom. The number of benzene rings is 3. The number of likely N-dealkylation sites (tertiary alicyclic amines) is 1. The minimum atomic E-state index is -3.85. The predicted molar refractivity (Wildman–Crippen MR) is 159 cm³/mol. The van der Waals surface area contributed by atoms with Gasteiger partial charge in [0, 0.05) is 25.0 Å². The van der Waals surface area contributed by atoms with Gasteiger partial charge in [-0.15, -0.1) is 0 Å². The van der Waals surface area contributed by atoms with Crippen molar-refractivity contribution < 1.29 is 37.4 Å². The van der Waals surface area contributed by atoms with Gasteiger partial charge >= 0.3 is 0 Å². The Morgan fingerprint density at radius 1 is 0.818 bits per heavy atom. The van der Waals surface area contributed by atoms with Crippen molar-refractivity contribution in [3.8, 4) is 17.2 Å². The topological polar surface area (TPSA) is 131 Å². The largest absolute Gasteiger partial charge is 0.458 e. The van der Waals surface area contributed by atoms with Crippen LogP contribution in [-0.4, -0.2) is 47.9 Å². The number of hydrogen-bond donors (Lipinski definition) is 1. The van der Waals surface area contributed by atoms with E-state index < -0.39 is 21.6 Å². The molecule has 224 valence electrons. The smallest absolute Gasteiger partial charge is 0.253 e. The van der Waals surface area contributed by atoms with Gasteiger partial charge in [-0.25, -0.2) is 8.42 Å². The highest BCUT2D eigenvalue weighted by Gasteiger charge is 2.36. The van der Waals surface area contributed by atoms with Gasteiger partial charge in [0.2, 0.25) is 21.7 Å². The summed E-state index contributed by atoms with van der Waals surface area (Å²) in [7, 11) is -3.85. The summed E-state index contributed by atoms with van der Waals surface area (Å²) in [5, 5.41) is 10.5. The maximum atomic E-state index is 13.3. The molecule has 1 saturated heterocycles. The van der Waals surface area contributed by atoms with Crippen LogP contribution >= 0.6 is 0 Å². The molecule has 3 aromatic rings. The molecular weight excluding hydrogens is 584 g/mol. The van der Waals surface area contributed by atoms with Gasteiger partial charge in [-0.1, -0.05) is 12.1 Å². The van der Waals surface area contributed by atoms with Crippen LogP contribution in [0.5, 0.6) is 17.2 Å². The SMILES string of the molecule is CC1(O)C=CC(=O)N1c1cccc(Oc2ccc(S(=O)(=O)c3ccc(OC4=CC(N5C(=O)CCC5=O)CC=C4)cc3)cc2)c1. The van der Waals surface area contributed by atoms with Crippen molar-refractivity contribution in [3.63, 3.8) is 0 Å². The zero-order chi connectivity index (χ0) is 31.1. The average molecular weight is 613 g/mol. The minimum absolute atomic E-state index is 0.0674. The first-order valence-electron chi connectivity index (χ1n) is 13.9. The fraction of sp³-hybridized carbons (Fsp3) is 0.182. The lowest BCUT2D eigenvalue weighted by molar-refractivity contribution is -0.140. The Hall–Kier alpha value is -5.00. The number of carbonyl (C=O) groups excluding carboxylic acids is 3. The maximum Gasteiger partial charge on any atom is 0.253 e. The summed E-state index contributed by atoms with van der Waals surface area (Å²) in [6.45, 7) is 1.51. The first-order valence-corrected chi connectivity index (χ1v) is 15.4. The lowest BCUT2D eigenvalue weighted by atomic mass is 10.1. The van der Waals surface area contributed by atoms with Gasteiger partial charge in [0.05, 0.1) is 21.5 Å². The van der Waals surface area contributed by atoms with Gasteiger partial charge in [-0.05, 0) is 92.2 Å². The van der Waals surface area contributed by atoms with Crippen molar-refractivity contribution in [3.05, 3.63) is 109 Å². The molecule has 1 aliphatic carbocycles. The third kappa shape index (κ3) is 5.67. The van der Waals surface area contributed by atoms with Crippen LogP contribution in [0.3, 0.4) is 0 Å². The zero-order valence-electron chi connectivity index (χ0n) is 23.6. The average Bonchev–Trinajstić information content (AvgIpc) is 3.49. The molecule has 2 aliphatic heterocycles. The highest BCUT2D eigenvalue weighted by Crippen LogP contribution is 2.33. The molecule has 2 atom stereocenters. The minimum Gasteiger partial charge on any atom is -0.458 e. The Labute approximate surface area is 254 Å². The molecule has 3 aromatic carbocycles. The van der Waals surface area contributed by atoms with Crippen LogP contribution in [0.4, 0.5) is 5.69 Å². The van der Waals surface area contributed by atoms with E-state index in [1.807, 2.05) is 6.08 Å². The number of aliphatic hydroxyl groups is 1. The van der Waals surface area contributed by atoms with Crippen LogP contribution in [0.15, 0.2) is 119 Å². The number of anilines is 1. The van der Waals surface area contributed by atoms with Gasteiger partial charge in [0.1, 0.15) is 23.0 Å². The van der Waals surface area contributed by atoms with Crippen molar-refractivity contribution in [1.82, 2.24) is 4.90 Å². The standard InChI is InChI=1S/C33H28N2O8S/c1-33(39)19-18-32(38)35(33)23-5-3-7-27(21-23)43-25-10-14-29(15-11-25)44(40,41)28-12-8-24(9-13-28)42-26-6-2-4-22(20-26)34-30(36)16-17-31(34)37/h2-3,5-15,18-22,39H,4,16-17H2,1H3. The number of allylic oxidation sites excluding steroid dienone is 1. The van der Waals surface area contributed by atoms with E-state index >= 15 is 0 Å². The van der Waals surface area contributed by atoms with E-state index in [2.05, 4.69) is 0 Å². The monoisotopic (exact) mass is 612 g/mol. The van der Waals surface area contributed by atoms with Crippen LogP contribution in [-0.2, 0) is 24.2 Å². The van der Waals surface area contributed by atoms with E-state index in [0.717, 1.165) is 0 Å². The molecular formula is C33H28N2O8S. The number of rotatable bonds is 8. The zero-order valence-corrected chi connectivity index (χ0v) is 24.4. The second kappa shape index (κ2) is 11.3. The number of imide groups is 1. The first kappa shape index (κ1) is 29.1. The summed E-state index contributed by atoms with van der Waals surface area (Å²) in [6.07, 6.45) is 8.96. The van der Waals surface area contributed by atoms with E-state index in [1.165, 1.54) is 65.3 Å². The molecule has 1 N–H and O–H groups in total. The van der Waals surface area contributed by atoms with E-state index in [-0.39, 0.29) is 40.4 Å². The highest BCUT2D eigenvalue weighted by molar-refractivity contribution is 7.91. The Morgan fingerprint density at radius 3 is 2.02 bits per heavy atom. The van der Waals surface area contributed by atoms with Gasteiger partial charge in [0.15, 0.2) is 5.72 Å². The van der Waals surface area contributed by atoms with E-state index in [4.69, 9.17) is 9.47 Å². The Bertz CT molecular complexity index is 1820. The van der Waals surface area contributed by atoms with Crippen LogP contribution < -0.4 is 14.4 Å². The van der Waals surface area contributed by atoms with Gasteiger partial charge in [-0.2, -0.15) is 0 Å². The van der Waals surface area contributed by atoms with E-state index in [0.29, 0.717) is 35.1 Å². The second-order valence-electron chi connectivity index (χ2n) is 10.7.